The molecule has 2 rings (SSSR count). The quantitative estimate of drug-likeness (QED) is 0.382. The number of nitrogens with one attached hydrogen (secondary N) is 4. The number of aromatic nitrogens is 2. The highest BCUT2D eigenvalue weighted by atomic mass is 32.1. The predicted molar refractivity (Wildman–Crippen MR) is 74.0 cm³/mol. The van der Waals surface area contributed by atoms with E-state index < -0.39 is 16.7 Å². The van der Waals surface area contributed by atoms with E-state index in [0.717, 1.165) is 12.3 Å². The fraction of sp³-hybridized carbons (Fsp3) is 0. The zero-order chi connectivity index (χ0) is 15.4. The lowest BCUT2D eigenvalue weighted by Crippen LogP contribution is -2.41. The minimum atomic E-state index is -0.720. The number of H-pyrrole nitrogens is 2. The van der Waals surface area contributed by atoms with Crippen molar-refractivity contribution in [2.75, 3.05) is 0 Å². The molecule has 0 aliphatic rings. The Morgan fingerprint density at radius 3 is 2.57 bits per heavy atom. The van der Waals surface area contributed by atoms with E-state index >= 15 is 0 Å². The molecule has 10 heteroatoms. The summed E-state index contributed by atoms with van der Waals surface area (Å²) in [4.78, 5) is 38.4. The van der Waals surface area contributed by atoms with Gasteiger partial charge in [-0.1, -0.05) is 12.2 Å². The number of nitrogens with zero attached hydrogens (tertiary/aromatic N) is 1. The molecule has 0 spiro atoms. The van der Waals surface area contributed by atoms with Gasteiger partial charge < -0.3 is 9.97 Å². The van der Waals surface area contributed by atoms with Crippen LogP contribution in [0.3, 0.4) is 0 Å². The Bertz CT molecular complexity index is 766. The first-order valence-electron chi connectivity index (χ1n) is 5.60. The van der Waals surface area contributed by atoms with Crippen LogP contribution in [-0.2, 0) is 0 Å². The van der Waals surface area contributed by atoms with Crippen molar-refractivity contribution in [1.82, 2.24) is 20.8 Å². The van der Waals surface area contributed by atoms with Crippen LogP contribution in [0, 0.1) is 14.8 Å². The Kier molecular flexibility index (Phi) is 4.09. The van der Waals surface area contributed by atoms with Gasteiger partial charge in [-0.15, -0.1) is 0 Å². The lowest BCUT2D eigenvalue weighted by molar-refractivity contribution is -0.384. The van der Waals surface area contributed by atoms with E-state index in [2.05, 4.69) is 20.8 Å². The highest BCUT2D eigenvalue weighted by molar-refractivity contribution is 7.71. The van der Waals surface area contributed by atoms with E-state index in [1.54, 1.807) is 12.3 Å². The molecule has 0 aliphatic carbocycles. The Morgan fingerprint density at radius 1 is 1.24 bits per heavy atom. The van der Waals surface area contributed by atoms with Crippen LogP contribution >= 0.6 is 12.2 Å². The molecular weight excluding hydrogens is 298 g/mol. The lowest BCUT2D eigenvalue weighted by Gasteiger charge is -2.06. The first kappa shape index (κ1) is 14.4. The highest BCUT2D eigenvalue weighted by Gasteiger charge is 2.15. The average Bonchev–Trinajstić information content (AvgIpc) is 2.95. The number of nitro groups is 1. The molecule has 0 aliphatic heterocycles. The molecule has 108 valence electrons. The number of hydrazine groups is 1. The molecule has 0 atom stereocenters. The summed E-state index contributed by atoms with van der Waals surface area (Å²) in [6.45, 7) is 0. The number of pyridine rings is 1. The van der Waals surface area contributed by atoms with E-state index in [1.807, 2.05) is 0 Å². The molecule has 0 aromatic carbocycles. The smallest absolute Gasteiger partial charge is 0.287 e. The molecule has 4 N–H and O–H groups in total. The number of carbonyl (C=O) groups excluding carboxylic acids is 2. The maximum atomic E-state index is 11.8. The van der Waals surface area contributed by atoms with Crippen molar-refractivity contribution in [1.29, 1.82) is 0 Å². The molecule has 9 nitrogen and oxygen atoms in total. The molecule has 0 radical (unpaired) electrons. The van der Waals surface area contributed by atoms with Crippen molar-refractivity contribution in [3.8, 4) is 0 Å². The van der Waals surface area contributed by atoms with Crippen LogP contribution in [0.5, 0.6) is 0 Å². The van der Waals surface area contributed by atoms with Gasteiger partial charge in [0.05, 0.1) is 16.7 Å². The summed E-state index contributed by atoms with van der Waals surface area (Å²) in [5.74, 6) is -1.33. The SMILES string of the molecule is O=C(NNC(=O)c1ccc[nH]c1=S)c1cc([N+](=O)[O-])c[nH]1. The monoisotopic (exact) mass is 307 g/mol. The van der Waals surface area contributed by atoms with Crippen molar-refractivity contribution in [2.45, 2.75) is 0 Å². The number of hydrogen-bond donors (Lipinski definition) is 4. The Balaban J connectivity index is 2.01. The zero-order valence-electron chi connectivity index (χ0n) is 10.4. The van der Waals surface area contributed by atoms with Gasteiger partial charge in [-0.2, -0.15) is 0 Å². The van der Waals surface area contributed by atoms with Gasteiger partial charge in [0.15, 0.2) is 0 Å². The van der Waals surface area contributed by atoms with Crippen molar-refractivity contribution in [3.63, 3.8) is 0 Å². The van der Waals surface area contributed by atoms with Gasteiger partial charge in [-0.3, -0.25) is 30.6 Å². The first-order valence-corrected chi connectivity index (χ1v) is 6.01. The topological polar surface area (TPSA) is 133 Å². The molecule has 2 aromatic rings. The van der Waals surface area contributed by atoms with Crippen molar-refractivity contribution >= 4 is 29.7 Å². The Hall–Kier alpha value is -3.01. The average molecular weight is 307 g/mol. The molecule has 2 aromatic heterocycles. The normalized spacial score (nSPS) is 9.90. The molecule has 2 amide bonds. The minimum Gasteiger partial charge on any atom is -0.352 e. The number of aromatic amines is 2. The second-order valence-electron chi connectivity index (χ2n) is 3.85. The third kappa shape index (κ3) is 3.30. The highest BCUT2D eigenvalue weighted by Crippen LogP contribution is 2.11. The summed E-state index contributed by atoms with van der Waals surface area (Å²) in [6, 6.07) is 4.12. The first-order chi connectivity index (χ1) is 9.99. The van der Waals surface area contributed by atoms with E-state index in [1.165, 1.54) is 6.07 Å². The fourth-order valence-electron chi connectivity index (χ4n) is 1.47. The number of amides is 2. The van der Waals surface area contributed by atoms with Crippen LogP contribution < -0.4 is 10.9 Å². The van der Waals surface area contributed by atoms with Gasteiger partial charge in [0.1, 0.15) is 10.3 Å². The van der Waals surface area contributed by atoms with Gasteiger partial charge in [0.25, 0.3) is 17.5 Å². The third-order valence-electron chi connectivity index (χ3n) is 2.48. The summed E-state index contributed by atoms with van der Waals surface area (Å²) < 4.78 is 0.222. The molecule has 0 unspecified atom stereocenters. The van der Waals surface area contributed by atoms with E-state index in [0.29, 0.717) is 0 Å². The van der Waals surface area contributed by atoms with Crippen LogP contribution in [0.4, 0.5) is 5.69 Å². The summed E-state index contributed by atoms with van der Waals surface area (Å²) in [5, 5.41) is 10.5. The van der Waals surface area contributed by atoms with Gasteiger partial charge in [0.2, 0.25) is 0 Å². The van der Waals surface area contributed by atoms with E-state index in [-0.39, 0.29) is 21.6 Å². The maximum Gasteiger partial charge on any atom is 0.287 e. The number of hydrogen-bond acceptors (Lipinski definition) is 5. The predicted octanol–water partition coefficient (Wildman–Crippen LogP) is 1.06. The number of rotatable bonds is 3. The molecule has 0 bridgehead atoms. The van der Waals surface area contributed by atoms with Gasteiger partial charge in [-0.05, 0) is 12.1 Å². The fourth-order valence-corrected chi connectivity index (χ4v) is 1.70. The molecule has 21 heavy (non-hydrogen) atoms. The second-order valence-corrected chi connectivity index (χ2v) is 4.26. The summed E-state index contributed by atoms with van der Waals surface area (Å²) in [6.07, 6.45) is 2.64. The summed E-state index contributed by atoms with van der Waals surface area (Å²) in [7, 11) is 0. The molecule has 0 saturated heterocycles. The van der Waals surface area contributed by atoms with Crippen LogP contribution in [0.1, 0.15) is 20.8 Å². The molecular formula is C11H9N5O4S. The van der Waals surface area contributed by atoms with Crippen LogP contribution in [0.15, 0.2) is 30.6 Å². The Labute approximate surface area is 122 Å². The maximum absolute atomic E-state index is 11.8. The van der Waals surface area contributed by atoms with Crippen LogP contribution in [0.25, 0.3) is 0 Å². The zero-order valence-corrected chi connectivity index (χ0v) is 11.2. The van der Waals surface area contributed by atoms with E-state index in [9.17, 15) is 19.7 Å². The van der Waals surface area contributed by atoms with Crippen LogP contribution in [-0.4, -0.2) is 26.7 Å². The Morgan fingerprint density at radius 2 is 1.95 bits per heavy atom. The van der Waals surface area contributed by atoms with Crippen molar-refractivity contribution in [3.05, 3.63) is 56.6 Å². The molecule has 0 saturated carbocycles. The van der Waals surface area contributed by atoms with Gasteiger partial charge in [0, 0.05) is 12.3 Å². The van der Waals surface area contributed by atoms with Crippen molar-refractivity contribution in [2.24, 2.45) is 0 Å². The minimum absolute atomic E-state index is 0.0554. The third-order valence-corrected chi connectivity index (χ3v) is 2.81. The second kappa shape index (κ2) is 5.96. The van der Waals surface area contributed by atoms with Gasteiger partial charge >= 0.3 is 0 Å². The summed E-state index contributed by atoms with van der Waals surface area (Å²) in [5.41, 5.74) is 4.16. The number of carbonyl (C=O) groups is 2. The van der Waals surface area contributed by atoms with Crippen LogP contribution in [0.2, 0.25) is 0 Å². The van der Waals surface area contributed by atoms with Crippen molar-refractivity contribution < 1.29 is 14.5 Å². The molecule has 2 heterocycles. The van der Waals surface area contributed by atoms with E-state index in [4.69, 9.17) is 12.2 Å². The largest absolute Gasteiger partial charge is 0.352 e. The molecule has 0 fully saturated rings. The van der Waals surface area contributed by atoms with Gasteiger partial charge in [-0.25, -0.2) is 0 Å². The standard InChI is InChI=1S/C11H9N5O4S/c17-9(7-2-1-3-12-11(7)21)14-15-10(18)8-4-6(5-13-8)16(19)20/h1-5,13H,(H,12,21)(H,14,17)(H,15,18). The summed E-state index contributed by atoms with van der Waals surface area (Å²) >= 11 is 4.92. The lowest BCUT2D eigenvalue weighted by atomic mass is 10.3.